The molecule has 4 heteroatoms. The summed E-state index contributed by atoms with van der Waals surface area (Å²) in [5, 5.41) is 0. The van der Waals surface area contributed by atoms with Crippen molar-refractivity contribution in [2.45, 2.75) is 26.3 Å². The van der Waals surface area contributed by atoms with Crippen molar-refractivity contribution in [1.29, 1.82) is 0 Å². The van der Waals surface area contributed by atoms with E-state index in [1.165, 1.54) is 0 Å². The highest BCUT2D eigenvalue weighted by molar-refractivity contribution is 5.77. The Bertz CT molecular complexity index is 149. The third-order valence-corrected chi connectivity index (χ3v) is 1.78. The molecule has 1 unspecified atom stereocenters. The van der Waals surface area contributed by atoms with E-state index in [-0.39, 0.29) is 18.6 Å². The van der Waals surface area contributed by atoms with Crippen LogP contribution in [0.5, 0.6) is 0 Å². The predicted octanol–water partition coefficient (Wildman–Crippen LogP) is 0.219. The van der Waals surface area contributed by atoms with Crippen LogP contribution in [-0.2, 0) is 9.53 Å². The summed E-state index contributed by atoms with van der Waals surface area (Å²) in [6.07, 6.45) is 0.828. The SMILES string of the molecule is CCOCC(=O)N(C)CCC(C)N. The molecule has 0 aromatic carbocycles. The van der Waals surface area contributed by atoms with E-state index in [0.717, 1.165) is 6.42 Å². The van der Waals surface area contributed by atoms with Crippen molar-refractivity contribution >= 4 is 5.91 Å². The van der Waals surface area contributed by atoms with Gasteiger partial charge in [0.1, 0.15) is 6.61 Å². The Balaban J connectivity index is 3.57. The lowest BCUT2D eigenvalue weighted by atomic mass is 10.2. The molecule has 0 bridgehead atoms. The Morgan fingerprint density at radius 2 is 2.23 bits per heavy atom. The number of likely N-dealkylation sites (N-methyl/N-ethyl adjacent to an activating group) is 1. The summed E-state index contributed by atoms with van der Waals surface area (Å²) in [4.78, 5) is 12.9. The lowest BCUT2D eigenvalue weighted by molar-refractivity contribution is -0.134. The molecular formula is C9H20N2O2. The highest BCUT2D eigenvalue weighted by Gasteiger charge is 2.08. The van der Waals surface area contributed by atoms with Gasteiger partial charge in [-0.3, -0.25) is 4.79 Å². The van der Waals surface area contributed by atoms with Crippen molar-refractivity contribution in [1.82, 2.24) is 4.90 Å². The van der Waals surface area contributed by atoms with Gasteiger partial charge in [0.25, 0.3) is 0 Å². The first-order valence-electron chi connectivity index (χ1n) is 4.65. The van der Waals surface area contributed by atoms with Crippen LogP contribution in [0.4, 0.5) is 0 Å². The molecule has 13 heavy (non-hydrogen) atoms. The van der Waals surface area contributed by atoms with Gasteiger partial charge in [-0.15, -0.1) is 0 Å². The van der Waals surface area contributed by atoms with Gasteiger partial charge in [0.15, 0.2) is 0 Å². The maximum absolute atomic E-state index is 11.3. The number of amides is 1. The predicted molar refractivity (Wildman–Crippen MR) is 52.4 cm³/mol. The molecule has 0 aliphatic rings. The number of nitrogens with zero attached hydrogens (tertiary/aromatic N) is 1. The van der Waals surface area contributed by atoms with Crippen LogP contribution in [0.25, 0.3) is 0 Å². The number of carbonyl (C=O) groups excluding carboxylic acids is 1. The van der Waals surface area contributed by atoms with Crippen molar-refractivity contribution in [3.8, 4) is 0 Å². The molecule has 0 aromatic rings. The second kappa shape index (κ2) is 6.86. The second-order valence-corrected chi connectivity index (χ2v) is 3.22. The third kappa shape index (κ3) is 6.54. The van der Waals surface area contributed by atoms with E-state index in [9.17, 15) is 4.79 Å². The van der Waals surface area contributed by atoms with Crippen LogP contribution in [0.15, 0.2) is 0 Å². The topological polar surface area (TPSA) is 55.6 Å². The highest BCUT2D eigenvalue weighted by Crippen LogP contribution is 1.92. The molecule has 2 N–H and O–H groups in total. The molecule has 78 valence electrons. The first-order chi connectivity index (χ1) is 6.07. The summed E-state index contributed by atoms with van der Waals surface area (Å²) in [6.45, 7) is 5.25. The largest absolute Gasteiger partial charge is 0.372 e. The van der Waals surface area contributed by atoms with Crippen molar-refractivity contribution in [2.24, 2.45) is 5.73 Å². The molecule has 1 amide bonds. The first-order valence-corrected chi connectivity index (χ1v) is 4.65. The summed E-state index contributed by atoms with van der Waals surface area (Å²) in [7, 11) is 1.77. The number of hydrogen-bond acceptors (Lipinski definition) is 3. The third-order valence-electron chi connectivity index (χ3n) is 1.78. The minimum Gasteiger partial charge on any atom is -0.372 e. The summed E-state index contributed by atoms with van der Waals surface area (Å²) in [6, 6.07) is 0.141. The molecule has 4 nitrogen and oxygen atoms in total. The van der Waals surface area contributed by atoms with E-state index in [2.05, 4.69) is 0 Å². The van der Waals surface area contributed by atoms with Crippen LogP contribution < -0.4 is 5.73 Å². The Hall–Kier alpha value is -0.610. The smallest absolute Gasteiger partial charge is 0.248 e. The normalized spacial score (nSPS) is 12.6. The van der Waals surface area contributed by atoms with Gasteiger partial charge in [0, 0.05) is 26.2 Å². The quantitative estimate of drug-likeness (QED) is 0.648. The molecular weight excluding hydrogens is 168 g/mol. The first kappa shape index (κ1) is 12.4. The van der Waals surface area contributed by atoms with Crippen LogP contribution in [0, 0.1) is 0 Å². The highest BCUT2D eigenvalue weighted by atomic mass is 16.5. The van der Waals surface area contributed by atoms with Crippen molar-refractivity contribution in [3.05, 3.63) is 0 Å². The molecule has 0 radical (unpaired) electrons. The van der Waals surface area contributed by atoms with E-state index in [1.54, 1.807) is 11.9 Å². The molecule has 0 heterocycles. The van der Waals surface area contributed by atoms with Crippen LogP contribution in [0.3, 0.4) is 0 Å². The van der Waals surface area contributed by atoms with E-state index >= 15 is 0 Å². The molecule has 0 saturated heterocycles. The zero-order valence-corrected chi connectivity index (χ0v) is 8.75. The second-order valence-electron chi connectivity index (χ2n) is 3.22. The van der Waals surface area contributed by atoms with Crippen LogP contribution in [0.2, 0.25) is 0 Å². The maximum atomic E-state index is 11.3. The Kier molecular flexibility index (Phi) is 6.54. The van der Waals surface area contributed by atoms with Gasteiger partial charge < -0.3 is 15.4 Å². The van der Waals surface area contributed by atoms with Crippen LogP contribution >= 0.6 is 0 Å². The van der Waals surface area contributed by atoms with Crippen molar-refractivity contribution in [2.75, 3.05) is 26.8 Å². The minimum absolute atomic E-state index is 0.0162. The fraction of sp³-hybridized carbons (Fsp3) is 0.889. The fourth-order valence-corrected chi connectivity index (χ4v) is 0.822. The Labute approximate surface area is 80.0 Å². The standard InChI is InChI=1S/C9H20N2O2/c1-4-13-7-9(12)11(3)6-5-8(2)10/h8H,4-7,10H2,1-3H3. The van der Waals surface area contributed by atoms with Gasteiger partial charge in [-0.05, 0) is 20.3 Å². The molecule has 0 saturated carbocycles. The minimum atomic E-state index is 0.0162. The van der Waals surface area contributed by atoms with E-state index in [0.29, 0.717) is 13.2 Å². The average Bonchev–Trinajstić information content (AvgIpc) is 2.10. The van der Waals surface area contributed by atoms with Gasteiger partial charge in [-0.1, -0.05) is 0 Å². The monoisotopic (exact) mass is 188 g/mol. The van der Waals surface area contributed by atoms with Gasteiger partial charge in [-0.2, -0.15) is 0 Å². The van der Waals surface area contributed by atoms with E-state index in [1.807, 2.05) is 13.8 Å². The van der Waals surface area contributed by atoms with E-state index < -0.39 is 0 Å². The zero-order valence-electron chi connectivity index (χ0n) is 8.75. The Morgan fingerprint density at radius 3 is 2.69 bits per heavy atom. The summed E-state index contributed by atoms with van der Waals surface area (Å²) >= 11 is 0. The molecule has 0 rings (SSSR count). The van der Waals surface area contributed by atoms with Crippen molar-refractivity contribution < 1.29 is 9.53 Å². The number of ether oxygens (including phenoxy) is 1. The van der Waals surface area contributed by atoms with Gasteiger partial charge in [-0.25, -0.2) is 0 Å². The van der Waals surface area contributed by atoms with Gasteiger partial charge in [0.05, 0.1) is 0 Å². The summed E-state index contributed by atoms with van der Waals surface area (Å²) in [5.74, 6) is 0.0162. The number of rotatable bonds is 6. The maximum Gasteiger partial charge on any atom is 0.248 e. The van der Waals surface area contributed by atoms with Crippen molar-refractivity contribution in [3.63, 3.8) is 0 Å². The zero-order chi connectivity index (χ0) is 10.3. The summed E-state index contributed by atoms with van der Waals surface area (Å²) < 4.78 is 5.00. The number of carbonyl (C=O) groups is 1. The molecule has 0 aliphatic carbocycles. The number of nitrogens with two attached hydrogens (primary N) is 1. The summed E-state index contributed by atoms with van der Waals surface area (Å²) in [5.41, 5.74) is 5.57. The average molecular weight is 188 g/mol. The molecule has 0 spiro atoms. The number of hydrogen-bond donors (Lipinski definition) is 1. The lowest BCUT2D eigenvalue weighted by Crippen LogP contribution is -2.33. The Morgan fingerprint density at radius 1 is 1.62 bits per heavy atom. The molecule has 0 aromatic heterocycles. The van der Waals surface area contributed by atoms with E-state index in [4.69, 9.17) is 10.5 Å². The van der Waals surface area contributed by atoms with Gasteiger partial charge >= 0.3 is 0 Å². The molecule has 0 fully saturated rings. The lowest BCUT2D eigenvalue weighted by Gasteiger charge is -2.17. The molecule has 0 aliphatic heterocycles. The van der Waals surface area contributed by atoms with Crippen LogP contribution in [0.1, 0.15) is 20.3 Å². The van der Waals surface area contributed by atoms with Gasteiger partial charge in [0.2, 0.25) is 5.91 Å². The van der Waals surface area contributed by atoms with Crippen LogP contribution in [-0.4, -0.2) is 43.7 Å². The fourth-order valence-electron chi connectivity index (χ4n) is 0.822. The molecule has 1 atom stereocenters.